The van der Waals surface area contributed by atoms with Crippen molar-refractivity contribution in [3.63, 3.8) is 0 Å². The van der Waals surface area contributed by atoms with E-state index in [1.807, 2.05) is 12.1 Å². The Kier molecular flexibility index (Phi) is 9.23. The quantitative estimate of drug-likeness (QED) is 0.538. The zero-order valence-corrected chi connectivity index (χ0v) is 16.1. The Bertz CT molecular complexity index is 483. The average molecular weight is 335 g/mol. The first-order chi connectivity index (χ1) is 11.5. The van der Waals surface area contributed by atoms with Crippen molar-refractivity contribution >= 4 is 5.96 Å². The van der Waals surface area contributed by atoms with E-state index >= 15 is 0 Å². The molecule has 5 heteroatoms. The number of hydrogen-bond acceptors (Lipinski definition) is 3. The van der Waals surface area contributed by atoms with Crippen molar-refractivity contribution < 1.29 is 4.74 Å². The van der Waals surface area contributed by atoms with Gasteiger partial charge in [0.1, 0.15) is 5.75 Å². The standard InChI is InChI=1S/C19H34N4O/c1-7-20-19(21-13-12-15(2)3)22-14-18(23(4)5)16-8-10-17(24-6)11-9-16/h8-11,15,18H,7,12-14H2,1-6H3,(H2,20,21,22). The lowest BCUT2D eigenvalue weighted by Gasteiger charge is -2.24. The molecule has 0 saturated heterocycles. The van der Waals surface area contributed by atoms with Gasteiger partial charge >= 0.3 is 0 Å². The Balaban J connectivity index is 2.76. The molecule has 1 rings (SSSR count). The molecule has 0 radical (unpaired) electrons. The number of nitrogens with one attached hydrogen (secondary N) is 2. The maximum absolute atomic E-state index is 5.24. The molecule has 0 aliphatic heterocycles. The second-order valence-corrected chi connectivity index (χ2v) is 6.58. The van der Waals surface area contributed by atoms with E-state index in [0.717, 1.165) is 31.2 Å². The van der Waals surface area contributed by atoms with Crippen molar-refractivity contribution in [2.75, 3.05) is 40.8 Å². The molecule has 0 spiro atoms. The van der Waals surface area contributed by atoms with Gasteiger partial charge in [-0.2, -0.15) is 0 Å². The van der Waals surface area contributed by atoms with Crippen LogP contribution < -0.4 is 15.4 Å². The predicted molar refractivity (Wildman–Crippen MR) is 103 cm³/mol. The summed E-state index contributed by atoms with van der Waals surface area (Å²) in [5.74, 6) is 2.45. The van der Waals surface area contributed by atoms with Crippen LogP contribution in [0.3, 0.4) is 0 Å². The number of ether oxygens (including phenoxy) is 1. The molecule has 0 saturated carbocycles. The third kappa shape index (κ3) is 7.21. The molecule has 24 heavy (non-hydrogen) atoms. The van der Waals surface area contributed by atoms with E-state index in [0.29, 0.717) is 12.5 Å². The van der Waals surface area contributed by atoms with Gasteiger partial charge in [-0.3, -0.25) is 4.99 Å². The first kappa shape index (κ1) is 20.3. The van der Waals surface area contributed by atoms with E-state index < -0.39 is 0 Å². The number of nitrogens with zero attached hydrogens (tertiary/aromatic N) is 2. The maximum atomic E-state index is 5.24. The highest BCUT2D eigenvalue weighted by molar-refractivity contribution is 5.79. The zero-order valence-electron chi connectivity index (χ0n) is 16.1. The molecule has 0 aromatic heterocycles. The third-order valence-electron chi connectivity index (χ3n) is 3.90. The highest BCUT2D eigenvalue weighted by Gasteiger charge is 2.14. The largest absolute Gasteiger partial charge is 0.497 e. The van der Waals surface area contributed by atoms with Crippen LogP contribution in [0.4, 0.5) is 0 Å². The second kappa shape index (κ2) is 10.9. The van der Waals surface area contributed by atoms with Crippen molar-refractivity contribution in [2.24, 2.45) is 10.9 Å². The molecule has 1 aromatic carbocycles. The molecule has 2 N–H and O–H groups in total. The molecule has 1 unspecified atom stereocenters. The lowest BCUT2D eigenvalue weighted by Crippen LogP contribution is -2.38. The predicted octanol–water partition coefficient (Wildman–Crippen LogP) is 2.90. The number of likely N-dealkylation sites (N-methyl/N-ethyl adjacent to an activating group) is 1. The summed E-state index contributed by atoms with van der Waals surface area (Å²) < 4.78 is 5.24. The van der Waals surface area contributed by atoms with Crippen LogP contribution in [-0.4, -0.2) is 51.7 Å². The minimum Gasteiger partial charge on any atom is -0.497 e. The highest BCUT2D eigenvalue weighted by atomic mass is 16.5. The highest BCUT2D eigenvalue weighted by Crippen LogP contribution is 2.21. The molecule has 1 aromatic rings. The number of aliphatic imine (C=N–C) groups is 1. The van der Waals surface area contributed by atoms with Gasteiger partial charge < -0.3 is 20.3 Å². The summed E-state index contributed by atoms with van der Waals surface area (Å²) in [5, 5.41) is 6.74. The first-order valence-corrected chi connectivity index (χ1v) is 8.80. The third-order valence-corrected chi connectivity index (χ3v) is 3.90. The van der Waals surface area contributed by atoms with Gasteiger partial charge in [0.05, 0.1) is 19.7 Å². The van der Waals surface area contributed by atoms with Crippen molar-refractivity contribution in [1.82, 2.24) is 15.5 Å². The zero-order chi connectivity index (χ0) is 17.9. The van der Waals surface area contributed by atoms with Gasteiger partial charge in [-0.15, -0.1) is 0 Å². The second-order valence-electron chi connectivity index (χ2n) is 6.58. The SMILES string of the molecule is CCNC(=NCC(c1ccc(OC)cc1)N(C)C)NCCC(C)C. The van der Waals surface area contributed by atoms with Gasteiger partial charge in [0.15, 0.2) is 5.96 Å². The minimum atomic E-state index is 0.233. The lowest BCUT2D eigenvalue weighted by atomic mass is 10.1. The monoisotopic (exact) mass is 334 g/mol. The van der Waals surface area contributed by atoms with Gasteiger partial charge in [-0.1, -0.05) is 26.0 Å². The normalized spacial score (nSPS) is 13.2. The molecular formula is C19H34N4O. The fourth-order valence-corrected chi connectivity index (χ4v) is 2.39. The average Bonchev–Trinajstić information content (AvgIpc) is 2.55. The van der Waals surface area contributed by atoms with Crippen LogP contribution >= 0.6 is 0 Å². The van der Waals surface area contributed by atoms with Crippen LogP contribution in [0.2, 0.25) is 0 Å². The summed E-state index contributed by atoms with van der Waals surface area (Å²) in [5.41, 5.74) is 1.24. The number of hydrogen-bond donors (Lipinski definition) is 2. The van der Waals surface area contributed by atoms with Crippen molar-refractivity contribution in [1.29, 1.82) is 0 Å². The smallest absolute Gasteiger partial charge is 0.191 e. The van der Waals surface area contributed by atoms with Gasteiger partial charge in [-0.05, 0) is 51.1 Å². The van der Waals surface area contributed by atoms with Crippen LogP contribution in [0.5, 0.6) is 5.75 Å². The van der Waals surface area contributed by atoms with Crippen molar-refractivity contribution in [3.05, 3.63) is 29.8 Å². The van der Waals surface area contributed by atoms with Crippen LogP contribution in [0, 0.1) is 5.92 Å². The Morgan fingerprint density at radius 2 is 1.83 bits per heavy atom. The molecular weight excluding hydrogens is 300 g/mol. The Morgan fingerprint density at radius 1 is 1.17 bits per heavy atom. The molecule has 0 bridgehead atoms. The summed E-state index contributed by atoms with van der Waals surface area (Å²) in [6.45, 7) is 9.07. The summed E-state index contributed by atoms with van der Waals surface area (Å²) in [7, 11) is 5.86. The van der Waals surface area contributed by atoms with E-state index in [4.69, 9.17) is 9.73 Å². The molecule has 0 amide bonds. The molecule has 0 aliphatic carbocycles. The van der Waals surface area contributed by atoms with E-state index in [-0.39, 0.29) is 6.04 Å². The van der Waals surface area contributed by atoms with Gasteiger partial charge in [0.2, 0.25) is 0 Å². The molecule has 0 aliphatic rings. The van der Waals surface area contributed by atoms with Crippen LogP contribution in [-0.2, 0) is 0 Å². The Morgan fingerprint density at radius 3 is 2.33 bits per heavy atom. The summed E-state index contributed by atoms with van der Waals surface area (Å²) in [4.78, 5) is 6.97. The van der Waals surface area contributed by atoms with Gasteiger partial charge in [0.25, 0.3) is 0 Å². The van der Waals surface area contributed by atoms with Gasteiger partial charge in [-0.25, -0.2) is 0 Å². The summed E-state index contributed by atoms with van der Waals surface area (Å²) >= 11 is 0. The summed E-state index contributed by atoms with van der Waals surface area (Å²) in [6, 6.07) is 8.45. The van der Waals surface area contributed by atoms with Crippen molar-refractivity contribution in [2.45, 2.75) is 33.2 Å². The van der Waals surface area contributed by atoms with E-state index in [1.165, 1.54) is 5.56 Å². The lowest BCUT2D eigenvalue weighted by molar-refractivity contribution is 0.306. The molecule has 0 heterocycles. The van der Waals surface area contributed by atoms with Crippen LogP contribution in [0.1, 0.15) is 38.8 Å². The van der Waals surface area contributed by atoms with E-state index in [9.17, 15) is 0 Å². The summed E-state index contributed by atoms with van der Waals surface area (Å²) in [6.07, 6.45) is 1.14. The molecule has 136 valence electrons. The Hall–Kier alpha value is -1.75. The number of rotatable bonds is 9. The van der Waals surface area contributed by atoms with Crippen LogP contribution in [0.25, 0.3) is 0 Å². The molecule has 1 atom stereocenters. The topological polar surface area (TPSA) is 48.9 Å². The number of benzene rings is 1. The molecule has 0 fully saturated rings. The van der Waals surface area contributed by atoms with Gasteiger partial charge in [0, 0.05) is 13.1 Å². The number of methoxy groups -OCH3 is 1. The maximum Gasteiger partial charge on any atom is 0.191 e. The fraction of sp³-hybridized carbons (Fsp3) is 0.632. The Labute approximate surface area is 147 Å². The van der Waals surface area contributed by atoms with E-state index in [1.54, 1.807) is 7.11 Å². The van der Waals surface area contributed by atoms with E-state index in [2.05, 4.69) is 62.5 Å². The molecule has 5 nitrogen and oxygen atoms in total. The fourth-order valence-electron chi connectivity index (χ4n) is 2.39. The van der Waals surface area contributed by atoms with Crippen molar-refractivity contribution in [3.8, 4) is 5.75 Å². The first-order valence-electron chi connectivity index (χ1n) is 8.80. The van der Waals surface area contributed by atoms with Crippen LogP contribution in [0.15, 0.2) is 29.3 Å². The number of guanidine groups is 1. The minimum absolute atomic E-state index is 0.233.